The van der Waals surface area contributed by atoms with Crippen molar-refractivity contribution in [2.45, 2.75) is 10.1 Å². The molecule has 0 radical (unpaired) electrons. The molecule has 0 spiro atoms. The number of methoxy groups -OCH3 is 1. The van der Waals surface area contributed by atoms with Gasteiger partial charge < -0.3 is 13.7 Å². The van der Waals surface area contributed by atoms with Crippen LogP contribution in [0.25, 0.3) is 11.0 Å². The number of sulfonamides is 2. The van der Waals surface area contributed by atoms with Gasteiger partial charge in [-0.15, -0.1) is 0 Å². The Morgan fingerprint density at radius 3 is 2.35 bits per heavy atom. The summed E-state index contributed by atoms with van der Waals surface area (Å²) < 4.78 is 67.8. The molecule has 0 aliphatic carbocycles. The van der Waals surface area contributed by atoms with Gasteiger partial charge in [-0.2, -0.15) is 16.8 Å². The number of furan rings is 1. The minimum absolute atomic E-state index is 0.0183. The third kappa shape index (κ3) is 4.47. The number of nitrogens with zero attached hydrogens (tertiary/aromatic N) is 1. The number of hydrogen-bond donors (Lipinski definition) is 2. The van der Waals surface area contributed by atoms with Crippen LogP contribution in [0, 0.1) is 0 Å². The van der Waals surface area contributed by atoms with Crippen LogP contribution in [0.3, 0.4) is 0 Å². The van der Waals surface area contributed by atoms with Gasteiger partial charge in [-0.3, -0.25) is 9.44 Å². The first-order valence-corrected chi connectivity index (χ1v) is 12.9. The molecule has 0 atom stereocenters. The van der Waals surface area contributed by atoms with E-state index in [4.69, 9.17) is 16.0 Å². The molecule has 0 amide bonds. The molecule has 2 aromatic heterocycles. The number of para-hydroxylation sites is 1. The highest BCUT2D eigenvalue weighted by Gasteiger charge is 2.26. The van der Waals surface area contributed by atoms with Crippen LogP contribution in [-0.4, -0.2) is 34.5 Å². The van der Waals surface area contributed by atoms with Crippen LogP contribution >= 0.6 is 11.6 Å². The van der Waals surface area contributed by atoms with E-state index in [1.54, 1.807) is 24.3 Å². The van der Waals surface area contributed by atoms with Crippen LogP contribution in [0.15, 0.2) is 75.2 Å². The van der Waals surface area contributed by atoms with Crippen LogP contribution in [0.1, 0.15) is 10.5 Å². The zero-order valence-corrected chi connectivity index (χ0v) is 20.2. The first-order valence-electron chi connectivity index (χ1n) is 9.59. The summed E-state index contributed by atoms with van der Waals surface area (Å²) in [6.07, 6.45) is 0. The number of esters is 1. The molecule has 4 rings (SSSR count). The lowest BCUT2D eigenvalue weighted by atomic mass is 10.3. The molecule has 178 valence electrons. The summed E-state index contributed by atoms with van der Waals surface area (Å²) >= 11 is 6.03. The van der Waals surface area contributed by atoms with Crippen molar-refractivity contribution < 1.29 is 30.8 Å². The van der Waals surface area contributed by atoms with Crippen LogP contribution in [0.4, 0.5) is 11.4 Å². The van der Waals surface area contributed by atoms with Gasteiger partial charge in [-0.25, -0.2) is 4.79 Å². The normalized spacial score (nSPS) is 12.0. The predicted octanol–water partition coefficient (Wildman–Crippen LogP) is 3.81. The maximum absolute atomic E-state index is 13.0. The molecule has 13 heteroatoms. The topological polar surface area (TPSA) is 137 Å². The summed E-state index contributed by atoms with van der Waals surface area (Å²) in [5, 5.41) is 0.152. The Labute approximate surface area is 200 Å². The Balaban J connectivity index is 1.69. The summed E-state index contributed by atoms with van der Waals surface area (Å²) in [5.41, 5.74) is 0.175. The van der Waals surface area contributed by atoms with Crippen LogP contribution < -0.4 is 9.44 Å². The van der Waals surface area contributed by atoms with Gasteiger partial charge >= 0.3 is 5.97 Å². The van der Waals surface area contributed by atoms with Crippen molar-refractivity contribution in [2.24, 2.45) is 7.05 Å². The van der Waals surface area contributed by atoms with Gasteiger partial charge in [-0.05, 0) is 36.4 Å². The van der Waals surface area contributed by atoms with Crippen molar-refractivity contribution in [1.29, 1.82) is 0 Å². The lowest BCUT2D eigenvalue weighted by Gasteiger charge is -2.15. The number of halogens is 1. The van der Waals surface area contributed by atoms with Gasteiger partial charge in [0.25, 0.3) is 20.0 Å². The van der Waals surface area contributed by atoms with Gasteiger partial charge in [0, 0.05) is 23.5 Å². The van der Waals surface area contributed by atoms with E-state index in [-0.39, 0.29) is 32.2 Å². The molecule has 2 aromatic carbocycles. The van der Waals surface area contributed by atoms with E-state index in [1.807, 2.05) is 0 Å². The van der Waals surface area contributed by atoms with Crippen molar-refractivity contribution >= 4 is 60.0 Å². The fourth-order valence-electron chi connectivity index (χ4n) is 3.24. The summed E-state index contributed by atoms with van der Waals surface area (Å²) in [4.78, 5) is 11.8. The van der Waals surface area contributed by atoms with Crippen molar-refractivity contribution in [1.82, 2.24) is 4.57 Å². The smallest absolute Gasteiger partial charge is 0.354 e. The minimum Gasteiger partial charge on any atom is -0.464 e. The van der Waals surface area contributed by atoms with Gasteiger partial charge in [0.05, 0.1) is 18.5 Å². The highest BCUT2D eigenvalue weighted by Crippen LogP contribution is 2.31. The van der Waals surface area contributed by atoms with Crippen LogP contribution in [0.2, 0.25) is 5.02 Å². The molecular formula is C21H18ClN3O7S2. The third-order valence-electron chi connectivity index (χ3n) is 4.88. The zero-order valence-electron chi connectivity index (χ0n) is 17.8. The molecule has 0 saturated heterocycles. The summed E-state index contributed by atoms with van der Waals surface area (Å²) in [5.74, 6) is -0.713. The van der Waals surface area contributed by atoms with E-state index in [0.717, 1.165) is 4.57 Å². The van der Waals surface area contributed by atoms with Gasteiger partial charge in [-0.1, -0.05) is 29.8 Å². The Bertz CT molecular complexity index is 1590. The first kappa shape index (κ1) is 23.7. The molecule has 0 fully saturated rings. The Kier molecular flexibility index (Phi) is 6.06. The number of carbonyl (C=O) groups is 1. The molecular weight excluding hydrogens is 506 g/mol. The highest BCUT2D eigenvalue weighted by atomic mass is 35.5. The number of ether oxygens (including phenoxy) is 1. The van der Waals surface area contributed by atoms with E-state index in [9.17, 15) is 21.6 Å². The van der Waals surface area contributed by atoms with Gasteiger partial charge in [0.15, 0.2) is 5.03 Å². The molecule has 0 aliphatic heterocycles. The van der Waals surface area contributed by atoms with Crippen molar-refractivity contribution in [2.75, 3.05) is 16.6 Å². The fourth-order valence-corrected chi connectivity index (χ4v) is 5.73. The molecule has 2 N–H and O–H groups in total. The Morgan fingerprint density at radius 2 is 1.65 bits per heavy atom. The second kappa shape index (κ2) is 8.70. The fraction of sp³-hybridized carbons (Fsp3) is 0.0952. The number of carbonyl (C=O) groups excluding carboxylic acids is 1. The quantitative estimate of drug-likeness (QED) is 0.351. The maximum atomic E-state index is 13.0. The average molecular weight is 524 g/mol. The monoisotopic (exact) mass is 523 g/mol. The molecule has 4 aromatic rings. The Morgan fingerprint density at radius 1 is 0.941 bits per heavy atom. The average Bonchev–Trinajstić information content (AvgIpc) is 3.39. The Hall–Kier alpha value is -3.48. The van der Waals surface area contributed by atoms with Gasteiger partial charge in [0.2, 0.25) is 5.09 Å². The largest absolute Gasteiger partial charge is 0.464 e. The molecule has 0 aliphatic rings. The molecule has 10 nitrogen and oxygen atoms in total. The highest BCUT2D eigenvalue weighted by molar-refractivity contribution is 7.93. The third-order valence-corrected chi connectivity index (χ3v) is 7.79. The van der Waals surface area contributed by atoms with Crippen molar-refractivity contribution in [3.8, 4) is 0 Å². The van der Waals surface area contributed by atoms with E-state index >= 15 is 0 Å². The molecule has 0 saturated carbocycles. The zero-order chi connectivity index (χ0) is 24.7. The number of fused-ring (bicyclic) bond motifs is 1. The lowest BCUT2D eigenvalue weighted by Crippen LogP contribution is -2.20. The number of aromatic nitrogens is 1. The van der Waals surface area contributed by atoms with Crippen molar-refractivity contribution in [3.05, 3.63) is 71.4 Å². The summed E-state index contributed by atoms with van der Waals surface area (Å²) in [7, 11) is -5.91. The standard InChI is InChI=1S/C21H18ClN3O7S2/c1-25-17(21(26)31-2)9-10-19(25)33(27,28)23-15-8-7-14(22)12-16(15)24-34(29,30)20-11-13-5-3-4-6-18(13)32-20/h3-12,23-24H,1-2H3. The molecule has 34 heavy (non-hydrogen) atoms. The van der Waals surface area contributed by atoms with E-state index in [0.29, 0.717) is 11.0 Å². The second-order valence-corrected chi connectivity index (χ2v) is 10.8. The summed E-state index contributed by atoms with van der Waals surface area (Å²) in [6, 6.07) is 14.6. The number of nitrogens with one attached hydrogen (secondary N) is 2. The van der Waals surface area contributed by atoms with E-state index in [2.05, 4.69) is 14.2 Å². The number of anilines is 2. The van der Waals surface area contributed by atoms with E-state index in [1.165, 1.54) is 50.6 Å². The summed E-state index contributed by atoms with van der Waals surface area (Å²) in [6.45, 7) is 0. The van der Waals surface area contributed by atoms with E-state index < -0.39 is 26.0 Å². The second-order valence-electron chi connectivity index (χ2n) is 7.11. The first-order chi connectivity index (χ1) is 16.0. The van der Waals surface area contributed by atoms with Crippen LogP contribution in [-0.2, 0) is 31.8 Å². The number of rotatable bonds is 7. The molecule has 0 bridgehead atoms. The minimum atomic E-state index is -4.24. The van der Waals surface area contributed by atoms with Crippen molar-refractivity contribution in [3.63, 3.8) is 0 Å². The number of benzene rings is 2. The molecule has 2 heterocycles. The molecule has 0 unspecified atom stereocenters. The maximum Gasteiger partial charge on any atom is 0.354 e. The van der Waals surface area contributed by atoms with Gasteiger partial charge in [0.1, 0.15) is 11.3 Å². The van der Waals surface area contributed by atoms with Crippen LogP contribution in [0.5, 0.6) is 0 Å². The number of hydrogen-bond acceptors (Lipinski definition) is 7. The SMILES string of the molecule is COC(=O)c1ccc(S(=O)(=O)Nc2ccc(Cl)cc2NS(=O)(=O)c2cc3ccccc3o2)n1C. The lowest BCUT2D eigenvalue weighted by molar-refractivity contribution is 0.0589. The predicted molar refractivity (Wildman–Crippen MR) is 126 cm³/mol.